The predicted molar refractivity (Wildman–Crippen MR) is 85.6 cm³/mol. The van der Waals surface area contributed by atoms with Gasteiger partial charge in [0.1, 0.15) is 0 Å². The predicted octanol–water partition coefficient (Wildman–Crippen LogP) is 4.62. The summed E-state index contributed by atoms with van der Waals surface area (Å²) in [5.74, 6) is 1.90. The van der Waals surface area contributed by atoms with E-state index in [0.717, 1.165) is 11.7 Å². The summed E-state index contributed by atoms with van der Waals surface area (Å²) in [6.45, 7) is 10.7. The van der Waals surface area contributed by atoms with E-state index < -0.39 is 0 Å². The van der Waals surface area contributed by atoms with Gasteiger partial charge < -0.3 is 4.90 Å². The van der Waals surface area contributed by atoms with Crippen LogP contribution >= 0.6 is 12.6 Å². The van der Waals surface area contributed by atoms with Gasteiger partial charge in [-0.1, -0.05) is 52.9 Å². The van der Waals surface area contributed by atoms with Crippen LogP contribution in [0.1, 0.15) is 65.7 Å². The summed E-state index contributed by atoms with van der Waals surface area (Å²) < 4.78 is 0. The van der Waals surface area contributed by atoms with Gasteiger partial charge in [0.2, 0.25) is 0 Å². The number of hydrogen-bond acceptors (Lipinski definition) is 2. The van der Waals surface area contributed by atoms with E-state index in [0.29, 0.717) is 5.41 Å². The first-order chi connectivity index (χ1) is 8.65. The average Bonchev–Trinajstić information content (AvgIpc) is 2.64. The molecular weight excluding hydrogens is 238 g/mol. The van der Waals surface area contributed by atoms with E-state index in [1.165, 1.54) is 64.6 Å². The summed E-state index contributed by atoms with van der Waals surface area (Å²) in [6.07, 6.45) is 9.80. The topological polar surface area (TPSA) is 3.24 Å². The molecule has 1 unspecified atom stereocenters. The van der Waals surface area contributed by atoms with Crippen molar-refractivity contribution >= 4 is 12.6 Å². The van der Waals surface area contributed by atoms with Gasteiger partial charge in [0, 0.05) is 13.1 Å². The summed E-state index contributed by atoms with van der Waals surface area (Å²) in [5, 5.41) is 0. The van der Waals surface area contributed by atoms with Crippen molar-refractivity contribution in [2.24, 2.45) is 11.3 Å². The molecule has 1 nitrogen and oxygen atoms in total. The van der Waals surface area contributed by atoms with E-state index in [1.807, 2.05) is 0 Å². The molecule has 0 aromatic rings. The Hall–Kier alpha value is 0.310. The molecule has 0 spiro atoms. The molecule has 0 aromatic heterocycles. The van der Waals surface area contributed by atoms with Gasteiger partial charge in [0.15, 0.2) is 0 Å². The molecule has 1 fully saturated rings. The molecule has 108 valence electrons. The molecule has 2 heteroatoms. The van der Waals surface area contributed by atoms with Crippen LogP contribution in [0.25, 0.3) is 0 Å². The molecule has 1 saturated carbocycles. The molecule has 0 aliphatic heterocycles. The van der Waals surface area contributed by atoms with Gasteiger partial charge in [-0.25, -0.2) is 0 Å². The van der Waals surface area contributed by atoms with Crippen LogP contribution in [0.2, 0.25) is 0 Å². The molecule has 0 radical (unpaired) electrons. The molecule has 18 heavy (non-hydrogen) atoms. The molecular formula is C16H33NS. The smallest absolute Gasteiger partial charge is 0.00458 e. The maximum atomic E-state index is 4.70. The van der Waals surface area contributed by atoms with Crippen molar-refractivity contribution < 1.29 is 0 Å². The van der Waals surface area contributed by atoms with Crippen LogP contribution in [-0.4, -0.2) is 30.3 Å². The first-order valence-corrected chi connectivity index (χ1v) is 8.62. The largest absolute Gasteiger partial charge is 0.303 e. The van der Waals surface area contributed by atoms with Crippen molar-refractivity contribution in [3.05, 3.63) is 0 Å². The quantitative estimate of drug-likeness (QED) is 0.522. The fraction of sp³-hybridized carbons (Fsp3) is 1.00. The van der Waals surface area contributed by atoms with Crippen molar-refractivity contribution in [1.29, 1.82) is 0 Å². The van der Waals surface area contributed by atoms with E-state index >= 15 is 0 Å². The van der Waals surface area contributed by atoms with Gasteiger partial charge in [-0.15, -0.1) is 0 Å². The van der Waals surface area contributed by atoms with Gasteiger partial charge in [-0.3, -0.25) is 0 Å². The minimum Gasteiger partial charge on any atom is -0.303 e. The Bertz CT molecular complexity index is 209. The van der Waals surface area contributed by atoms with Gasteiger partial charge in [-0.05, 0) is 36.5 Å². The Balaban J connectivity index is 2.57. The monoisotopic (exact) mass is 271 g/mol. The highest BCUT2D eigenvalue weighted by Crippen LogP contribution is 2.37. The minimum absolute atomic E-state index is 0.503. The fourth-order valence-electron chi connectivity index (χ4n) is 3.19. The second-order valence-corrected chi connectivity index (χ2v) is 6.73. The van der Waals surface area contributed by atoms with E-state index in [-0.39, 0.29) is 0 Å². The Morgan fingerprint density at radius 3 is 2.17 bits per heavy atom. The highest BCUT2D eigenvalue weighted by molar-refractivity contribution is 7.80. The van der Waals surface area contributed by atoms with E-state index in [4.69, 9.17) is 12.6 Å². The maximum absolute atomic E-state index is 4.70. The molecule has 0 N–H and O–H groups in total. The number of thiol groups is 1. The lowest BCUT2D eigenvalue weighted by atomic mass is 9.81. The van der Waals surface area contributed by atoms with Crippen molar-refractivity contribution in [1.82, 2.24) is 4.90 Å². The molecule has 0 aromatic carbocycles. The summed E-state index contributed by atoms with van der Waals surface area (Å²) in [6, 6.07) is 0. The lowest BCUT2D eigenvalue weighted by Crippen LogP contribution is -2.40. The second-order valence-electron chi connectivity index (χ2n) is 6.41. The lowest BCUT2D eigenvalue weighted by molar-refractivity contribution is 0.140. The van der Waals surface area contributed by atoms with Crippen molar-refractivity contribution in [3.8, 4) is 0 Å². The highest BCUT2D eigenvalue weighted by Gasteiger charge is 2.31. The molecule has 0 saturated heterocycles. The first kappa shape index (κ1) is 16.4. The van der Waals surface area contributed by atoms with Crippen LogP contribution in [0.3, 0.4) is 0 Å². The van der Waals surface area contributed by atoms with Gasteiger partial charge in [0.05, 0.1) is 0 Å². The third kappa shape index (κ3) is 5.13. The summed E-state index contributed by atoms with van der Waals surface area (Å²) in [5.41, 5.74) is 0.503. The van der Waals surface area contributed by atoms with Crippen molar-refractivity contribution in [3.63, 3.8) is 0 Å². The Morgan fingerprint density at radius 2 is 1.72 bits per heavy atom. The Labute approximate surface area is 120 Å². The molecule has 0 heterocycles. The number of nitrogens with zero attached hydrogens (tertiary/aromatic N) is 1. The zero-order chi connectivity index (χ0) is 13.4. The van der Waals surface area contributed by atoms with Gasteiger partial charge >= 0.3 is 0 Å². The SMILES string of the molecule is CCC(C)CN(CC)CC1(CS)CCCCCC1. The van der Waals surface area contributed by atoms with Crippen LogP contribution in [-0.2, 0) is 0 Å². The van der Waals surface area contributed by atoms with Crippen LogP contribution < -0.4 is 0 Å². The molecule has 1 aliphatic rings. The molecule has 1 aliphatic carbocycles. The van der Waals surface area contributed by atoms with Crippen molar-refractivity contribution in [2.75, 3.05) is 25.4 Å². The maximum Gasteiger partial charge on any atom is 0.00458 e. The zero-order valence-electron chi connectivity index (χ0n) is 12.7. The summed E-state index contributed by atoms with van der Waals surface area (Å²) in [7, 11) is 0. The molecule has 1 atom stereocenters. The molecule has 0 amide bonds. The van der Waals surface area contributed by atoms with Gasteiger partial charge in [0.25, 0.3) is 0 Å². The third-order valence-corrected chi connectivity index (χ3v) is 5.44. The first-order valence-electron chi connectivity index (χ1n) is 7.99. The normalized spacial score (nSPS) is 21.8. The minimum atomic E-state index is 0.503. The van der Waals surface area contributed by atoms with Crippen LogP contribution in [0.4, 0.5) is 0 Å². The number of rotatable bonds is 7. The second kappa shape index (κ2) is 8.47. The van der Waals surface area contributed by atoms with E-state index in [2.05, 4.69) is 25.7 Å². The van der Waals surface area contributed by atoms with E-state index in [1.54, 1.807) is 0 Å². The Morgan fingerprint density at radius 1 is 1.11 bits per heavy atom. The number of hydrogen-bond donors (Lipinski definition) is 1. The van der Waals surface area contributed by atoms with Gasteiger partial charge in [-0.2, -0.15) is 12.6 Å². The van der Waals surface area contributed by atoms with Crippen molar-refractivity contribution in [2.45, 2.75) is 65.7 Å². The summed E-state index contributed by atoms with van der Waals surface area (Å²) in [4.78, 5) is 2.68. The average molecular weight is 272 g/mol. The standard InChI is InChI=1S/C16H33NS/c1-4-15(3)12-17(5-2)13-16(14-18)10-8-6-7-9-11-16/h15,18H,4-14H2,1-3H3. The third-order valence-electron chi connectivity index (χ3n) is 4.77. The zero-order valence-corrected chi connectivity index (χ0v) is 13.6. The van der Waals surface area contributed by atoms with Crippen LogP contribution in [0.5, 0.6) is 0 Å². The highest BCUT2D eigenvalue weighted by atomic mass is 32.1. The fourth-order valence-corrected chi connectivity index (χ4v) is 3.61. The van der Waals surface area contributed by atoms with Crippen LogP contribution in [0.15, 0.2) is 0 Å². The molecule has 0 bridgehead atoms. The Kier molecular flexibility index (Phi) is 7.70. The molecule has 1 rings (SSSR count). The van der Waals surface area contributed by atoms with Crippen LogP contribution in [0, 0.1) is 11.3 Å². The summed E-state index contributed by atoms with van der Waals surface area (Å²) >= 11 is 4.70. The lowest BCUT2D eigenvalue weighted by Gasteiger charge is -2.37. The van der Waals surface area contributed by atoms with E-state index in [9.17, 15) is 0 Å².